The number of hydrogen-bond donors (Lipinski definition) is 2. The fraction of sp³-hybridized carbons (Fsp3) is 0.375. The van der Waals surface area contributed by atoms with Crippen LogP contribution in [0.2, 0.25) is 0 Å². The van der Waals surface area contributed by atoms with Crippen LogP contribution in [0.4, 0.5) is 0 Å². The van der Waals surface area contributed by atoms with Gasteiger partial charge < -0.3 is 33.9 Å². The maximum absolute atomic E-state index is 12.3. The van der Waals surface area contributed by atoms with E-state index in [1.54, 1.807) is 0 Å². The molecule has 55 heavy (non-hydrogen) atoms. The SMILES string of the molecule is CC(C)(C)c1cc(C(C)(C)C)c(O)c([C@@H]2O[C@H](COCc3ccccc3)[C@@H](OCc3ccccc3)[C@H](OCc3ccccc3)[C@H]2OCc2ccccc2)c1O. The van der Waals surface area contributed by atoms with Gasteiger partial charge in [-0.2, -0.15) is 0 Å². The van der Waals surface area contributed by atoms with Crippen molar-refractivity contribution in [2.75, 3.05) is 6.61 Å². The van der Waals surface area contributed by atoms with Gasteiger partial charge in [0.15, 0.2) is 0 Å². The monoisotopic (exact) mass is 744 g/mol. The van der Waals surface area contributed by atoms with Gasteiger partial charge in [-0.3, -0.25) is 0 Å². The standard InChI is InChI=1S/C48H56O7/c1-47(2,3)37-27-38(48(4,5)6)42(50)40(41(37)49)44-46(54-31-36-25-17-10-18-26-36)45(53-30-35-23-15-9-16-24-35)43(52-29-34-21-13-8-14-22-34)39(55-44)32-51-28-33-19-11-7-12-20-33/h7-27,39,43-46,49-50H,28-32H2,1-6H3/t39-,43-,44+,45+,46+/m1/s1. The molecule has 1 aliphatic rings. The van der Waals surface area contributed by atoms with Crippen molar-refractivity contribution in [3.8, 4) is 11.5 Å². The number of phenols is 2. The molecule has 1 fully saturated rings. The average Bonchev–Trinajstić information content (AvgIpc) is 3.16. The van der Waals surface area contributed by atoms with Gasteiger partial charge in [0.05, 0.1) is 38.6 Å². The zero-order valence-electron chi connectivity index (χ0n) is 33.0. The fourth-order valence-electron chi connectivity index (χ4n) is 7.12. The minimum Gasteiger partial charge on any atom is -0.507 e. The summed E-state index contributed by atoms with van der Waals surface area (Å²) in [7, 11) is 0. The predicted molar refractivity (Wildman–Crippen MR) is 216 cm³/mol. The van der Waals surface area contributed by atoms with E-state index in [0.29, 0.717) is 24.3 Å². The molecule has 5 atom stereocenters. The van der Waals surface area contributed by atoms with Crippen LogP contribution in [-0.2, 0) is 60.9 Å². The molecule has 6 rings (SSSR count). The Bertz CT molecular complexity index is 1880. The highest BCUT2D eigenvalue weighted by Gasteiger charge is 2.51. The van der Waals surface area contributed by atoms with Crippen LogP contribution in [0.3, 0.4) is 0 Å². The van der Waals surface area contributed by atoms with Crippen molar-refractivity contribution < 1.29 is 33.9 Å². The smallest absolute Gasteiger partial charge is 0.128 e. The first-order valence-electron chi connectivity index (χ1n) is 19.2. The van der Waals surface area contributed by atoms with Gasteiger partial charge >= 0.3 is 0 Å². The van der Waals surface area contributed by atoms with Crippen molar-refractivity contribution >= 4 is 0 Å². The second-order valence-electron chi connectivity index (χ2n) is 16.5. The molecule has 0 aliphatic carbocycles. The van der Waals surface area contributed by atoms with Crippen LogP contribution in [0.25, 0.3) is 0 Å². The Morgan fingerprint density at radius 3 is 1.25 bits per heavy atom. The molecule has 5 aromatic carbocycles. The maximum atomic E-state index is 12.3. The summed E-state index contributed by atoms with van der Waals surface area (Å²) in [4.78, 5) is 0. The first-order chi connectivity index (χ1) is 26.4. The molecule has 1 heterocycles. The third-order valence-corrected chi connectivity index (χ3v) is 10.1. The van der Waals surface area contributed by atoms with Crippen molar-refractivity contribution in [1.82, 2.24) is 0 Å². The number of ether oxygens (including phenoxy) is 5. The van der Waals surface area contributed by atoms with Crippen LogP contribution < -0.4 is 0 Å². The summed E-state index contributed by atoms with van der Waals surface area (Å²) in [5, 5.41) is 24.5. The highest BCUT2D eigenvalue weighted by molar-refractivity contribution is 5.58. The molecule has 290 valence electrons. The van der Waals surface area contributed by atoms with Gasteiger partial charge in [-0.05, 0) is 39.2 Å². The fourth-order valence-corrected chi connectivity index (χ4v) is 7.12. The maximum Gasteiger partial charge on any atom is 0.128 e. The Balaban J connectivity index is 1.49. The molecule has 0 amide bonds. The van der Waals surface area contributed by atoms with E-state index >= 15 is 0 Å². The molecule has 7 heteroatoms. The third-order valence-electron chi connectivity index (χ3n) is 10.1. The van der Waals surface area contributed by atoms with Crippen LogP contribution >= 0.6 is 0 Å². The number of benzene rings is 5. The van der Waals surface area contributed by atoms with E-state index in [1.807, 2.05) is 127 Å². The molecule has 0 radical (unpaired) electrons. The Morgan fingerprint density at radius 1 is 0.491 bits per heavy atom. The predicted octanol–water partition coefficient (Wildman–Crippen LogP) is 10.1. The number of hydrogen-bond acceptors (Lipinski definition) is 7. The topological polar surface area (TPSA) is 86.6 Å². The number of aromatic hydroxyl groups is 2. The highest BCUT2D eigenvalue weighted by Crippen LogP contribution is 2.51. The van der Waals surface area contributed by atoms with Crippen molar-refractivity contribution in [2.45, 2.75) is 109 Å². The van der Waals surface area contributed by atoms with Gasteiger partial charge in [-0.1, -0.05) is 163 Å². The van der Waals surface area contributed by atoms with Gasteiger partial charge in [0.2, 0.25) is 0 Å². The van der Waals surface area contributed by atoms with Crippen LogP contribution in [0, 0.1) is 0 Å². The zero-order chi connectivity index (χ0) is 39.0. The lowest BCUT2D eigenvalue weighted by molar-refractivity contribution is -0.275. The van der Waals surface area contributed by atoms with Crippen molar-refractivity contribution in [3.63, 3.8) is 0 Å². The van der Waals surface area contributed by atoms with E-state index < -0.39 is 41.3 Å². The van der Waals surface area contributed by atoms with Gasteiger partial charge in [0, 0.05) is 11.1 Å². The van der Waals surface area contributed by atoms with Crippen LogP contribution in [0.15, 0.2) is 127 Å². The van der Waals surface area contributed by atoms with Gasteiger partial charge in [0.1, 0.15) is 42.0 Å². The summed E-state index contributed by atoms with van der Waals surface area (Å²) < 4.78 is 34.2. The lowest BCUT2D eigenvalue weighted by Gasteiger charge is -2.47. The quantitative estimate of drug-likeness (QED) is 0.117. The molecular weight excluding hydrogens is 689 g/mol. The van der Waals surface area contributed by atoms with E-state index in [2.05, 4.69) is 41.5 Å². The van der Waals surface area contributed by atoms with Gasteiger partial charge in [-0.25, -0.2) is 0 Å². The molecule has 0 saturated carbocycles. The van der Waals surface area contributed by atoms with Crippen molar-refractivity contribution in [3.05, 3.63) is 166 Å². The van der Waals surface area contributed by atoms with E-state index in [1.165, 1.54) is 0 Å². The minimum atomic E-state index is -0.963. The third kappa shape index (κ3) is 10.2. The van der Waals surface area contributed by atoms with E-state index in [-0.39, 0.29) is 36.9 Å². The largest absolute Gasteiger partial charge is 0.507 e. The lowest BCUT2D eigenvalue weighted by atomic mass is 9.76. The first kappa shape index (κ1) is 40.2. The second kappa shape index (κ2) is 18.0. The van der Waals surface area contributed by atoms with E-state index in [0.717, 1.165) is 22.3 Å². The highest BCUT2D eigenvalue weighted by atomic mass is 16.6. The molecule has 5 aromatic rings. The summed E-state index contributed by atoms with van der Waals surface area (Å²) in [6.45, 7) is 13.7. The number of rotatable bonds is 14. The summed E-state index contributed by atoms with van der Waals surface area (Å²) in [5.74, 6) is -0.0449. The Morgan fingerprint density at radius 2 is 0.855 bits per heavy atom. The van der Waals surface area contributed by atoms with Crippen LogP contribution in [-0.4, -0.2) is 41.2 Å². The minimum absolute atomic E-state index is 0.0225. The zero-order valence-corrected chi connectivity index (χ0v) is 33.0. The Hall–Kier alpha value is -4.50. The van der Waals surface area contributed by atoms with Crippen molar-refractivity contribution in [2.24, 2.45) is 0 Å². The van der Waals surface area contributed by atoms with E-state index in [4.69, 9.17) is 23.7 Å². The Kier molecular flexibility index (Phi) is 13.1. The molecule has 0 unspecified atom stereocenters. The first-order valence-corrected chi connectivity index (χ1v) is 19.2. The Labute approximate surface area is 326 Å². The second-order valence-corrected chi connectivity index (χ2v) is 16.5. The molecule has 0 spiro atoms. The molecular formula is C48H56O7. The average molecular weight is 745 g/mol. The molecule has 2 N–H and O–H groups in total. The van der Waals surface area contributed by atoms with Crippen molar-refractivity contribution in [1.29, 1.82) is 0 Å². The van der Waals surface area contributed by atoms with Gasteiger partial charge in [0.25, 0.3) is 0 Å². The lowest BCUT2D eigenvalue weighted by Crippen LogP contribution is -2.58. The molecule has 1 saturated heterocycles. The van der Waals surface area contributed by atoms with E-state index in [9.17, 15) is 10.2 Å². The van der Waals surface area contributed by atoms with Gasteiger partial charge in [-0.15, -0.1) is 0 Å². The number of phenolic OH excluding ortho intramolecular Hbond substituents is 2. The molecule has 0 aromatic heterocycles. The summed E-state index contributed by atoms with van der Waals surface area (Å²) in [6.07, 6.45) is -3.84. The summed E-state index contributed by atoms with van der Waals surface area (Å²) in [5.41, 5.74) is 4.76. The summed E-state index contributed by atoms with van der Waals surface area (Å²) >= 11 is 0. The molecule has 1 aliphatic heterocycles. The van der Waals surface area contributed by atoms with Crippen LogP contribution in [0.5, 0.6) is 11.5 Å². The van der Waals surface area contributed by atoms with Crippen LogP contribution in [0.1, 0.15) is 86.6 Å². The normalized spacial score (nSPS) is 20.4. The molecule has 7 nitrogen and oxygen atoms in total. The summed E-state index contributed by atoms with van der Waals surface area (Å²) in [6, 6.07) is 41.9. The molecule has 0 bridgehead atoms.